The highest BCUT2D eigenvalue weighted by Crippen LogP contribution is 2.34. The van der Waals surface area contributed by atoms with E-state index in [1.165, 1.54) is 0 Å². The molecule has 0 saturated carbocycles. The van der Waals surface area contributed by atoms with Crippen molar-refractivity contribution in [3.05, 3.63) is 106 Å². The predicted octanol–water partition coefficient (Wildman–Crippen LogP) is 3.11. The molecule has 2 aromatic heterocycles. The van der Waals surface area contributed by atoms with Crippen LogP contribution in [0.3, 0.4) is 0 Å². The van der Waals surface area contributed by atoms with E-state index < -0.39 is 13.2 Å². The SMILES string of the molecule is COc1ccc2c(c1)C(c1ccc(Cl)cc1)=N[C@@H](CC(=O)NCCc1cnc3cc(B(O)O)ccc3c1)c1nnc(C)n1-2. The zero-order valence-electron chi connectivity index (χ0n) is 23.5. The minimum absolute atomic E-state index is 0.0720. The molecule has 3 aromatic carbocycles. The van der Waals surface area contributed by atoms with Crippen molar-refractivity contribution in [3.63, 3.8) is 0 Å². The third-order valence-corrected chi connectivity index (χ3v) is 7.68. The lowest BCUT2D eigenvalue weighted by molar-refractivity contribution is -0.121. The predicted molar refractivity (Wildman–Crippen MR) is 165 cm³/mol. The van der Waals surface area contributed by atoms with Crippen LogP contribution in [0.25, 0.3) is 16.6 Å². The summed E-state index contributed by atoms with van der Waals surface area (Å²) in [5, 5.41) is 32.1. The molecular weight excluding hydrogens is 567 g/mol. The van der Waals surface area contributed by atoms with Gasteiger partial charge in [-0.2, -0.15) is 0 Å². The topological polar surface area (TPSA) is 135 Å². The fourth-order valence-electron chi connectivity index (χ4n) is 5.25. The number of amides is 1. The molecule has 12 heteroatoms. The van der Waals surface area contributed by atoms with Crippen LogP contribution in [0.1, 0.15) is 40.8 Å². The summed E-state index contributed by atoms with van der Waals surface area (Å²) in [6.07, 6.45) is 2.37. The van der Waals surface area contributed by atoms with Crippen LogP contribution in [0.15, 0.2) is 77.9 Å². The van der Waals surface area contributed by atoms with E-state index in [2.05, 4.69) is 20.5 Å². The second-order valence-electron chi connectivity index (χ2n) is 10.3. The molecule has 0 bridgehead atoms. The van der Waals surface area contributed by atoms with Gasteiger partial charge >= 0.3 is 7.12 Å². The minimum atomic E-state index is -1.55. The molecule has 0 spiro atoms. The van der Waals surface area contributed by atoms with Gasteiger partial charge in [0.15, 0.2) is 5.82 Å². The maximum Gasteiger partial charge on any atom is 0.488 e. The molecule has 0 fully saturated rings. The van der Waals surface area contributed by atoms with Crippen LogP contribution in [0, 0.1) is 6.92 Å². The molecule has 0 saturated heterocycles. The van der Waals surface area contributed by atoms with Gasteiger partial charge in [-0.25, -0.2) is 0 Å². The number of benzene rings is 3. The molecule has 1 atom stereocenters. The molecule has 10 nitrogen and oxygen atoms in total. The standard InChI is InChI=1S/C31H28BClN6O4/c1-18-37-38-31-27(16-29(40)34-12-11-19-13-21-3-6-22(32(41)42)14-26(21)35-17-19)36-30(20-4-7-23(33)8-5-20)25-15-24(43-2)9-10-28(25)39(18)31/h3-10,13-15,17,27,41-42H,11-12,16H2,1-2H3,(H,34,40)/t27-/m0/s1. The fourth-order valence-corrected chi connectivity index (χ4v) is 5.38. The first-order valence-corrected chi connectivity index (χ1v) is 14.1. The number of ether oxygens (including phenoxy) is 1. The van der Waals surface area contributed by atoms with E-state index >= 15 is 0 Å². The van der Waals surface area contributed by atoms with Gasteiger partial charge in [0.2, 0.25) is 5.91 Å². The number of methoxy groups -OCH3 is 1. The smallest absolute Gasteiger partial charge is 0.488 e. The highest BCUT2D eigenvalue weighted by atomic mass is 35.5. The Bertz CT molecular complexity index is 1860. The molecule has 216 valence electrons. The first-order chi connectivity index (χ1) is 20.8. The monoisotopic (exact) mass is 594 g/mol. The van der Waals surface area contributed by atoms with Crippen molar-refractivity contribution in [1.29, 1.82) is 0 Å². The number of nitrogens with one attached hydrogen (secondary N) is 1. The maximum absolute atomic E-state index is 13.3. The molecule has 0 radical (unpaired) electrons. The number of carbonyl (C=O) groups excluding carboxylic acids is 1. The zero-order valence-corrected chi connectivity index (χ0v) is 24.3. The molecule has 3 N–H and O–H groups in total. The average Bonchev–Trinajstić information content (AvgIpc) is 3.33. The van der Waals surface area contributed by atoms with Crippen molar-refractivity contribution < 1.29 is 19.6 Å². The van der Waals surface area contributed by atoms with Gasteiger partial charge in [-0.1, -0.05) is 35.9 Å². The Morgan fingerprint density at radius 1 is 1.07 bits per heavy atom. The van der Waals surface area contributed by atoms with Crippen LogP contribution in [0.2, 0.25) is 5.02 Å². The van der Waals surface area contributed by atoms with Gasteiger partial charge in [0.1, 0.15) is 17.6 Å². The Labute approximate surface area is 253 Å². The molecule has 43 heavy (non-hydrogen) atoms. The third kappa shape index (κ3) is 5.87. The summed E-state index contributed by atoms with van der Waals surface area (Å²) < 4.78 is 7.47. The summed E-state index contributed by atoms with van der Waals surface area (Å²) in [6.45, 7) is 2.28. The summed E-state index contributed by atoms with van der Waals surface area (Å²) in [4.78, 5) is 22.8. The number of halogens is 1. The van der Waals surface area contributed by atoms with E-state index in [-0.39, 0.29) is 12.3 Å². The molecule has 0 unspecified atom stereocenters. The Morgan fingerprint density at radius 2 is 1.88 bits per heavy atom. The summed E-state index contributed by atoms with van der Waals surface area (Å²) in [7, 11) is 0.0720. The second-order valence-corrected chi connectivity index (χ2v) is 10.7. The quantitative estimate of drug-likeness (QED) is 0.235. The summed E-state index contributed by atoms with van der Waals surface area (Å²) >= 11 is 6.19. The Kier molecular flexibility index (Phi) is 7.94. The summed E-state index contributed by atoms with van der Waals surface area (Å²) in [6, 6.07) is 19.7. The van der Waals surface area contributed by atoms with E-state index in [9.17, 15) is 14.8 Å². The lowest BCUT2D eigenvalue weighted by Gasteiger charge is -2.14. The fraction of sp³-hybridized carbons (Fsp3) is 0.194. The van der Waals surface area contributed by atoms with Gasteiger partial charge in [-0.3, -0.25) is 19.3 Å². The van der Waals surface area contributed by atoms with Crippen molar-refractivity contribution in [1.82, 2.24) is 25.1 Å². The highest BCUT2D eigenvalue weighted by Gasteiger charge is 2.30. The highest BCUT2D eigenvalue weighted by molar-refractivity contribution is 6.58. The van der Waals surface area contributed by atoms with Gasteiger partial charge in [-0.05, 0) is 66.8 Å². The maximum atomic E-state index is 13.3. The third-order valence-electron chi connectivity index (χ3n) is 7.43. The van der Waals surface area contributed by atoms with E-state index in [1.807, 2.05) is 60.0 Å². The molecule has 3 heterocycles. The van der Waals surface area contributed by atoms with Crippen LogP contribution in [-0.2, 0) is 11.2 Å². The number of hydrogen-bond donors (Lipinski definition) is 3. The van der Waals surface area contributed by atoms with Gasteiger partial charge in [0.25, 0.3) is 0 Å². The van der Waals surface area contributed by atoms with Crippen LogP contribution in [0.4, 0.5) is 0 Å². The average molecular weight is 595 g/mol. The Balaban J connectivity index is 1.25. The van der Waals surface area contributed by atoms with Crippen LogP contribution in [0.5, 0.6) is 5.75 Å². The van der Waals surface area contributed by atoms with Crippen LogP contribution in [-0.4, -0.2) is 62.2 Å². The number of fused-ring (bicyclic) bond motifs is 4. The van der Waals surface area contributed by atoms with E-state index in [0.717, 1.165) is 27.8 Å². The molecular formula is C31H28BClN6O4. The van der Waals surface area contributed by atoms with Gasteiger partial charge in [0.05, 0.1) is 30.4 Å². The van der Waals surface area contributed by atoms with Crippen LogP contribution >= 0.6 is 11.6 Å². The number of carbonyl (C=O) groups is 1. The first-order valence-electron chi connectivity index (χ1n) is 13.8. The van der Waals surface area contributed by atoms with Gasteiger partial charge in [0, 0.05) is 34.3 Å². The van der Waals surface area contributed by atoms with E-state index in [0.29, 0.717) is 52.1 Å². The number of pyridine rings is 1. The number of nitrogens with zero attached hydrogens (tertiary/aromatic N) is 5. The molecule has 5 aromatic rings. The number of hydrogen-bond acceptors (Lipinski definition) is 8. The van der Waals surface area contributed by atoms with E-state index in [4.69, 9.17) is 21.3 Å². The van der Waals surface area contributed by atoms with Crippen molar-refractivity contribution in [2.75, 3.05) is 13.7 Å². The number of rotatable bonds is 8. The number of aryl methyl sites for hydroxylation is 1. The molecule has 1 aliphatic rings. The Morgan fingerprint density at radius 3 is 2.65 bits per heavy atom. The lowest BCUT2D eigenvalue weighted by Crippen LogP contribution is -2.29. The molecule has 0 aliphatic carbocycles. The van der Waals surface area contributed by atoms with Crippen LogP contribution < -0.4 is 15.5 Å². The summed E-state index contributed by atoms with van der Waals surface area (Å²) in [5.41, 5.74) is 5.23. The molecule has 1 aliphatic heterocycles. The van der Waals surface area contributed by atoms with Crippen molar-refractivity contribution in [3.8, 4) is 11.4 Å². The lowest BCUT2D eigenvalue weighted by atomic mass is 9.80. The number of aromatic nitrogens is 4. The molecule has 6 rings (SSSR count). The van der Waals surface area contributed by atoms with E-state index in [1.54, 1.807) is 31.5 Å². The minimum Gasteiger partial charge on any atom is -0.497 e. The number of aliphatic imine (C=N–C) groups is 1. The first kappa shape index (κ1) is 28.5. The molecule has 1 amide bonds. The van der Waals surface area contributed by atoms with Gasteiger partial charge < -0.3 is 20.1 Å². The van der Waals surface area contributed by atoms with Crippen molar-refractivity contribution in [2.45, 2.75) is 25.8 Å². The van der Waals surface area contributed by atoms with Crippen molar-refractivity contribution in [2.24, 2.45) is 4.99 Å². The van der Waals surface area contributed by atoms with Gasteiger partial charge in [-0.15, -0.1) is 10.2 Å². The largest absolute Gasteiger partial charge is 0.497 e. The zero-order chi connectivity index (χ0) is 30.1. The second kappa shape index (κ2) is 12.0. The van der Waals surface area contributed by atoms with Crippen molar-refractivity contribution >= 4 is 46.7 Å². The Hall–Kier alpha value is -4.58. The summed E-state index contributed by atoms with van der Waals surface area (Å²) in [5.74, 6) is 1.77. The normalized spacial score (nSPS) is 14.0.